The highest BCUT2D eigenvalue weighted by Crippen LogP contribution is 2.21. The van der Waals surface area contributed by atoms with Gasteiger partial charge in [0, 0.05) is 51.4 Å². The Labute approximate surface area is 200 Å². The van der Waals surface area contributed by atoms with Gasteiger partial charge in [0.25, 0.3) is 0 Å². The van der Waals surface area contributed by atoms with Gasteiger partial charge >= 0.3 is 0 Å². The molecule has 0 spiro atoms. The molecule has 1 aliphatic rings. The van der Waals surface area contributed by atoms with E-state index in [0.717, 1.165) is 49.9 Å². The molecule has 0 amide bonds. The van der Waals surface area contributed by atoms with E-state index in [1.165, 1.54) is 31.7 Å². The average molecular weight is 532 g/mol. The summed E-state index contributed by atoms with van der Waals surface area (Å²) in [5.41, 5.74) is 2.35. The van der Waals surface area contributed by atoms with Crippen molar-refractivity contribution in [3.8, 4) is 5.75 Å². The zero-order valence-electron chi connectivity index (χ0n) is 19.5. The summed E-state index contributed by atoms with van der Waals surface area (Å²) in [5, 5.41) is 6.89. The molecule has 0 aliphatic carbocycles. The van der Waals surface area contributed by atoms with Gasteiger partial charge in [0.1, 0.15) is 5.75 Å². The second-order valence-electron chi connectivity index (χ2n) is 8.24. The van der Waals surface area contributed by atoms with Crippen LogP contribution in [-0.4, -0.2) is 75.2 Å². The summed E-state index contributed by atoms with van der Waals surface area (Å²) in [6.07, 6.45) is 1.01. The minimum Gasteiger partial charge on any atom is -0.493 e. The largest absolute Gasteiger partial charge is 0.493 e. The van der Waals surface area contributed by atoms with Crippen LogP contribution in [0.4, 0.5) is 0 Å². The second-order valence-corrected chi connectivity index (χ2v) is 8.24. The number of aliphatic imine (C=N–C) groups is 1. The summed E-state index contributed by atoms with van der Waals surface area (Å²) in [4.78, 5) is 9.78. The normalized spacial score (nSPS) is 16.6. The molecule has 7 heteroatoms. The van der Waals surface area contributed by atoms with Crippen LogP contribution < -0.4 is 15.4 Å². The molecule has 1 atom stereocenters. The Morgan fingerprint density at radius 1 is 1.17 bits per heavy atom. The van der Waals surface area contributed by atoms with Crippen LogP contribution in [0.2, 0.25) is 0 Å². The lowest BCUT2D eigenvalue weighted by atomic mass is 10.1. The zero-order valence-corrected chi connectivity index (χ0v) is 21.9. The summed E-state index contributed by atoms with van der Waals surface area (Å²) < 4.78 is 5.93. The highest BCUT2D eigenvalue weighted by molar-refractivity contribution is 14.0. The van der Waals surface area contributed by atoms with Crippen molar-refractivity contribution in [2.75, 3.05) is 59.5 Å². The van der Waals surface area contributed by atoms with Crippen molar-refractivity contribution < 1.29 is 4.74 Å². The van der Waals surface area contributed by atoms with Crippen molar-refractivity contribution in [2.24, 2.45) is 10.9 Å². The molecule has 1 fully saturated rings. The number of halogens is 1. The number of aryl methyl sites for hydroxylation is 1. The van der Waals surface area contributed by atoms with Gasteiger partial charge in [0.15, 0.2) is 5.96 Å². The Balaban J connectivity index is 0.00000450. The maximum atomic E-state index is 5.93. The first-order valence-corrected chi connectivity index (χ1v) is 11.2. The Morgan fingerprint density at radius 3 is 2.57 bits per heavy atom. The first-order chi connectivity index (χ1) is 14.0. The number of benzene rings is 1. The molecule has 2 rings (SSSR count). The molecule has 0 aromatic heterocycles. The van der Waals surface area contributed by atoms with E-state index in [1.54, 1.807) is 0 Å². The summed E-state index contributed by atoms with van der Waals surface area (Å²) in [5.74, 6) is 2.40. The Kier molecular flexibility index (Phi) is 13.4. The fourth-order valence-corrected chi connectivity index (χ4v) is 3.45. The van der Waals surface area contributed by atoms with Crippen LogP contribution in [0.25, 0.3) is 0 Å². The van der Waals surface area contributed by atoms with Crippen molar-refractivity contribution in [1.82, 2.24) is 20.4 Å². The number of nitrogens with one attached hydrogen (secondary N) is 2. The topological polar surface area (TPSA) is 52.1 Å². The van der Waals surface area contributed by atoms with Gasteiger partial charge in [-0.1, -0.05) is 26.0 Å². The van der Waals surface area contributed by atoms with E-state index >= 15 is 0 Å². The van der Waals surface area contributed by atoms with E-state index < -0.39 is 0 Å². The third kappa shape index (κ3) is 9.83. The molecule has 1 saturated heterocycles. The third-order valence-corrected chi connectivity index (χ3v) is 5.22. The molecule has 1 heterocycles. The monoisotopic (exact) mass is 531 g/mol. The second kappa shape index (κ2) is 14.9. The maximum Gasteiger partial charge on any atom is 0.191 e. The summed E-state index contributed by atoms with van der Waals surface area (Å²) in [6.45, 7) is 17.6. The number of piperazine rings is 1. The Morgan fingerprint density at radius 2 is 1.90 bits per heavy atom. The Bertz CT molecular complexity index is 632. The summed E-state index contributed by atoms with van der Waals surface area (Å²) in [6, 6.07) is 6.37. The van der Waals surface area contributed by atoms with Crippen LogP contribution in [0.5, 0.6) is 5.75 Å². The average Bonchev–Trinajstić information content (AvgIpc) is 2.71. The molecular formula is C23H42IN5O. The van der Waals surface area contributed by atoms with Crippen LogP contribution in [0.3, 0.4) is 0 Å². The molecule has 6 nitrogen and oxygen atoms in total. The van der Waals surface area contributed by atoms with Crippen LogP contribution in [-0.2, 0) is 6.54 Å². The highest BCUT2D eigenvalue weighted by atomic mass is 127. The minimum absolute atomic E-state index is 0. The van der Waals surface area contributed by atoms with Crippen molar-refractivity contribution in [3.05, 3.63) is 29.3 Å². The number of hydrogen-bond acceptors (Lipinski definition) is 4. The first kappa shape index (κ1) is 27.0. The lowest BCUT2D eigenvalue weighted by Gasteiger charge is -2.34. The fraction of sp³-hybridized carbons (Fsp3) is 0.696. The number of guanidine groups is 1. The first-order valence-electron chi connectivity index (χ1n) is 11.2. The van der Waals surface area contributed by atoms with Gasteiger partial charge in [-0.3, -0.25) is 0 Å². The molecular weight excluding hydrogens is 489 g/mol. The predicted molar refractivity (Wildman–Crippen MR) is 138 cm³/mol. The smallest absolute Gasteiger partial charge is 0.191 e. The highest BCUT2D eigenvalue weighted by Gasteiger charge is 2.16. The van der Waals surface area contributed by atoms with Gasteiger partial charge in [0.2, 0.25) is 0 Å². The molecule has 1 aromatic rings. The Hall–Kier alpha value is -1.06. The van der Waals surface area contributed by atoms with E-state index in [-0.39, 0.29) is 24.0 Å². The number of likely N-dealkylation sites (N-methyl/N-ethyl adjacent to an activating group) is 1. The van der Waals surface area contributed by atoms with Gasteiger partial charge < -0.3 is 25.2 Å². The molecule has 0 bridgehead atoms. The van der Waals surface area contributed by atoms with Crippen LogP contribution in [0.1, 0.15) is 38.3 Å². The van der Waals surface area contributed by atoms with E-state index in [9.17, 15) is 0 Å². The van der Waals surface area contributed by atoms with Crippen molar-refractivity contribution in [3.63, 3.8) is 0 Å². The lowest BCUT2D eigenvalue weighted by molar-refractivity contribution is 0.139. The van der Waals surface area contributed by atoms with Crippen molar-refractivity contribution in [2.45, 2.75) is 40.7 Å². The molecule has 1 aliphatic heterocycles. The molecule has 0 saturated carbocycles. The van der Waals surface area contributed by atoms with Crippen LogP contribution in [0.15, 0.2) is 23.2 Å². The van der Waals surface area contributed by atoms with Gasteiger partial charge in [-0.25, -0.2) is 4.99 Å². The fourth-order valence-electron chi connectivity index (χ4n) is 3.45. The standard InChI is InChI=1S/C23H41N5O.HI/c1-6-14-29-22-15-19(3)8-9-21(22)17-26-23(24-7-2)25-16-20(4)18-28-12-10-27(5)11-13-28;/h8-9,15,20H,6-7,10-14,16-18H2,1-5H3,(H2,24,25,26);1H. The van der Waals surface area contributed by atoms with E-state index in [1.807, 2.05) is 0 Å². The number of nitrogens with zero attached hydrogens (tertiary/aromatic N) is 3. The molecule has 1 aromatic carbocycles. The van der Waals surface area contributed by atoms with Gasteiger partial charge in [-0.15, -0.1) is 24.0 Å². The summed E-state index contributed by atoms with van der Waals surface area (Å²) >= 11 is 0. The van der Waals surface area contributed by atoms with Crippen LogP contribution >= 0.6 is 24.0 Å². The molecule has 0 radical (unpaired) electrons. The van der Waals surface area contributed by atoms with Gasteiger partial charge in [0.05, 0.1) is 13.2 Å². The SMILES string of the molecule is CCCOc1cc(C)ccc1CN=C(NCC)NCC(C)CN1CCN(C)CC1.I. The molecule has 172 valence electrons. The third-order valence-electron chi connectivity index (χ3n) is 5.22. The number of ether oxygens (including phenoxy) is 1. The van der Waals surface area contributed by atoms with Gasteiger partial charge in [-0.05, 0) is 44.9 Å². The number of rotatable bonds is 10. The van der Waals surface area contributed by atoms with E-state index in [2.05, 4.69) is 73.4 Å². The minimum atomic E-state index is 0. The van der Waals surface area contributed by atoms with Crippen molar-refractivity contribution in [1.29, 1.82) is 0 Å². The maximum absolute atomic E-state index is 5.93. The lowest BCUT2D eigenvalue weighted by Crippen LogP contribution is -2.47. The van der Waals surface area contributed by atoms with Crippen LogP contribution in [0, 0.1) is 12.8 Å². The predicted octanol–water partition coefficient (Wildman–Crippen LogP) is 3.34. The van der Waals surface area contributed by atoms with Crippen molar-refractivity contribution >= 4 is 29.9 Å². The van der Waals surface area contributed by atoms with E-state index in [0.29, 0.717) is 12.5 Å². The zero-order chi connectivity index (χ0) is 21.1. The molecule has 1 unspecified atom stereocenters. The van der Waals surface area contributed by atoms with Gasteiger partial charge in [-0.2, -0.15) is 0 Å². The summed E-state index contributed by atoms with van der Waals surface area (Å²) in [7, 11) is 2.20. The quantitative estimate of drug-likeness (QED) is 0.276. The molecule has 2 N–H and O–H groups in total. The number of hydrogen-bond donors (Lipinski definition) is 2. The van der Waals surface area contributed by atoms with E-state index in [4.69, 9.17) is 9.73 Å². The molecule has 30 heavy (non-hydrogen) atoms.